The Bertz CT molecular complexity index is 755. The molecule has 0 aliphatic heterocycles. The Morgan fingerprint density at radius 1 is 0.917 bits per heavy atom. The Morgan fingerprint density at radius 2 is 1.58 bits per heavy atom. The van der Waals surface area contributed by atoms with Crippen LogP contribution in [0.1, 0.15) is 46.4 Å². The normalized spacial score (nSPS) is 14.4. The van der Waals surface area contributed by atoms with Gasteiger partial charge < -0.3 is 10.6 Å². The van der Waals surface area contributed by atoms with Gasteiger partial charge in [-0.05, 0) is 43.2 Å². The standard InChI is InChI=1S/C19H19FN2O2/c20-16-10-3-4-11-17(16)22-19(24)14-7-5-6-13(12-14)18(23)21-15-8-1-2-9-15/h3-7,10-12,15H,1-2,8-9H2,(H,21,23)(H,22,24). The van der Waals surface area contributed by atoms with Gasteiger partial charge in [-0.3, -0.25) is 9.59 Å². The molecule has 0 unspecified atom stereocenters. The van der Waals surface area contributed by atoms with Gasteiger partial charge in [0, 0.05) is 17.2 Å². The Kier molecular flexibility index (Phi) is 4.89. The van der Waals surface area contributed by atoms with E-state index >= 15 is 0 Å². The van der Waals surface area contributed by atoms with Crippen molar-refractivity contribution in [3.05, 3.63) is 65.5 Å². The second kappa shape index (κ2) is 7.25. The van der Waals surface area contributed by atoms with Crippen LogP contribution in [0.5, 0.6) is 0 Å². The van der Waals surface area contributed by atoms with Gasteiger partial charge in [0.15, 0.2) is 0 Å². The second-order valence-electron chi connectivity index (χ2n) is 5.97. The maximum atomic E-state index is 13.6. The van der Waals surface area contributed by atoms with E-state index in [2.05, 4.69) is 10.6 Å². The highest BCUT2D eigenvalue weighted by molar-refractivity contribution is 6.06. The highest BCUT2D eigenvalue weighted by Crippen LogP contribution is 2.19. The third kappa shape index (κ3) is 3.79. The first-order valence-corrected chi connectivity index (χ1v) is 8.10. The quantitative estimate of drug-likeness (QED) is 0.899. The van der Waals surface area contributed by atoms with Crippen LogP contribution in [0.3, 0.4) is 0 Å². The highest BCUT2D eigenvalue weighted by Gasteiger charge is 2.18. The van der Waals surface area contributed by atoms with Gasteiger partial charge in [-0.2, -0.15) is 0 Å². The summed E-state index contributed by atoms with van der Waals surface area (Å²) >= 11 is 0. The van der Waals surface area contributed by atoms with Crippen molar-refractivity contribution in [1.82, 2.24) is 5.32 Å². The maximum absolute atomic E-state index is 13.6. The molecule has 1 fully saturated rings. The van der Waals surface area contributed by atoms with Gasteiger partial charge in [0.05, 0.1) is 5.69 Å². The smallest absolute Gasteiger partial charge is 0.255 e. The predicted molar refractivity (Wildman–Crippen MR) is 90.5 cm³/mol. The zero-order valence-electron chi connectivity index (χ0n) is 13.2. The molecule has 2 N–H and O–H groups in total. The number of anilines is 1. The van der Waals surface area contributed by atoms with Crippen LogP contribution in [0.25, 0.3) is 0 Å². The average Bonchev–Trinajstić information content (AvgIpc) is 3.10. The van der Waals surface area contributed by atoms with Crippen LogP contribution < -0.4 is 10.6 Å². The Labute approximate surface area is 140 Å². The SMILES string of the molecule is O=C(Nc1ccccc1F)c1cccc(C(=O)NC2CCCC2)c1. The molecule has 2 aromatic rings. The Balaban J connectivity index is 1.71. The number of amides is 2. The fraction of sp³-hybridized carbons (Fsp3) is 0.263. The molecule has 5 heteroatoms. The number of nitrogens with one attached hydrogen (secondary N) is 2. The van der Waals surface area contributed by atoms with E-state index in [9.17, 15) is 14.0 Å². The number of benzene rings is 2. The number of carbonyl (C=O) groups is 2. The van der Waals surface area contributed by atoms with Crippen LogP contribution in [0, 0.1) is 5.82 Å². The minimum Gasteiger partial charge on any atom is -0.349 e. The summed E-state index contributed by atoms with van der Waals surface area (Å²) in [7, 11) is 0. The molecule has 0 spiro atoms. The molecule has 0 aromatic heterocycles. The van der Waals surface area contributed by atoms with E-state index in [4.69, 9.17) is 0 Å². The molecular formula is C19H19FN2O2. The van der Waals surface area contributed by atoms with Crippen molar-refractivity contribution in [3.8, 4) is 0 Å². The lowest BCUT2D eigenvalue weighted by atomic mass is 10.1. The fourth-order valence-corrected chi connectivity index (χ4v) is 2.90. The molecule has 0 bridgehead atoms. The first kappa shape index (κ1) is 16.2. The van der Waals surface area contributed by atoms with Gasteiger partial charge in [0.2, 0.25) is 0 Å². The molecule has 1 aliphatic rings. The molecular weight excluding hydrogens is 307 g/mol. The minimum atomic E-state index is -0.499. The number of hydrogen-bond donors (Lipinski definition) is 2. The Morgan fingerprint density at radius 3 is 2.29 bits per heavy atom. The van der Waals surface area contributed by atoms with Crippen molar-refractivity contribution < 1.29 is 14.0 Å². The van der Waals surface area contributed by atoms with Crippen LogP contribution >= 0.6 is 0 Å². The highest BCUT2D eigenvalue weighted by atomic mass is 19.1. The van der Waals surface area contributed by atoms with E-state index in [0.29, 0.717) is 11.1 Å². The third-order valence-electron chi connectivity index (χ3n) is 4.20. The van der Waals surface area contributed by atoms with Crippen LogP contribution in [-0.4, -0.2) is 17.9 Å². The van der Waals surface area contributed by atoms with E-state index in [0.717, 1.165) is 25.7 Å². The number of rotatable bonds is 4. The van der Waals surface area contributed by atoms with Crippen molar-refractivity contribution in [2.45, 2.75) is 31.7 Å². The van der Waals surface area contributed by atoms with Gasteiger partial charge in [0.25, 0.3) is 11.8 Å². The lowest BCUT2D eigenvalue weighted by molar-refractivity contribution is 0.0938. The summed E-state index contributed by atoms with van der Waals surface area (Å²) in [5.41, 5.74) is 0.865. The minimum absolute atomic E-state index is 0.114. The first-order valence-electron chi connectivity index (χ1n) is 8.10. The van der Waals surface area contributed by atoms with Crippen molar-refractivity contribution in [2.24, 2.45) is 0 Å². The lowest BCUT2D eigenvalue weighted by Crippen LogP contribution is -2.32. The molecule has 124 valence electrons. The molecule has 0 saturated heterocycles. The zero-order chi connectivity index (χ0) is 16.9. The topological polar surface area (TPSA) is 58.2 Å². The summed E-state index contributed by atoms with van der Waals surface area (Å²) in [5.74, 6) is -1.13. The molecule has 1 aliphatic carbocycles. The number of para-hydroxylation sites is 1. The molecule has 1 saturated carbocycles. The van der Waals surface area contributed by atoms with Crippen molar-refractivity contribution >= 4 is 17.5 Å². The molecule has 0 heterocycles. The van der Waals surface area contributed by atoms with E-state index in [-0.39, 0.29) is 17.6 Å². The summed E-state index contributed by atoms with van der Waals surface area (Å²) in [6.45, 7) is 0. The monoisotopic (exact) mass is 326 g/mol. The van der Waals surface area contributed by atoms with Gasteiger partial charge in [-0.1, -0.05) is 31.0 Å². The summed E-state index contributed by atoms with van der Waals surface area (Å²) in [5, 5.41) is 5.51. The zero-order valence-corrected chi connectivity index (χ0v) is 13.2. The maximum Gasteiger partial charge on any atom is 0.255 e. The summed E-state index contributed by atoms with van der Waals surface area (Å²) in [6.07, 6.45) is 4.27. The van der Waals surface area contributed by atoms with Gasteiger partial charge in [-0.25, -0.2) is 4.39 Å². The van der Waals surface area contributed by atoms with Gasteiger partial charge in [0.1, 0.15) is 5.82 Å². The molecule has 4 nitrogen and oxygen atoms in total. The van der Waals surface area contributed by atoms with Gasteiger partial charge >= 0.3 is 0 Å². The summed E-state index contributed by atoms with van der Waals surface area (Å²) < 4.78 is 13.6. The van der Waals surface area contributed by atoms with Crippen LogP contribution in [0.2, 0.25) is 0 Å². The van der Waals surface area contributed by atoms with Crippen LogP contribution in [-0.2, 0) is 0 Å². The molecule has 3 rings (SSSR count). The molecule has 0 radical (unpaired) electrons. The average molecular weight is 326 g/mol. The fourth-order valence-electron chi connectivity index (χ4n) is 2.90. The van der Waals surface area contributed by atoms with Crippen LogP contribution in [0.15, 0.2) is 48.5 Å². The molecule has 0 atom stereocenters. The van der Waals surface area contributed by atoms with Crippen molar-refractivity contribution in [2.75, 3.05) is 5.32 Å². The number of halogens is 1. The van der Waals surface area contributed by atoms with Crippen molar-refractivity contribution in [3.63, 3.8) is 0 Å². The lowest BCUT2D eigenvalue weighted by Gasteiger charge is -2.12. The van der Waals surface area contributed by atoms with E-state index in [1.165, 1.54) is 18.2 Å². The van der Waals surface area contributed by atoms with E-state index in [1.807, 2.05) is 0 Å². The summed E-state index contributed by atoms with van der Waals surface area (Å²) in [4.78, 5) is 24.6. The predicted octanol–water partition coefficient (Wildman–Crippen LogP) is 3.75. The van der Waals surface area contributed by atoms with Gasteiger partial charge in [-0.15, -0.1) is 0 Å². The second-order valence-corrected chi connectivity index (χ2v) is 5.97. The van der Waals surface area contributed by atoms with E-state index in [1.54, 1.807) is 30.3 Å². The molecule has 2 aromatic carbocycles. The van der Waals surface area contributed by atoms with Crippen molar-refractivity contribution in [1.29, 1.82) is 0 Å². The first-order chi connectivity index (χ1) is 11.6. The number of hydrogen-bond acceptors (Lipinski definition) is 2. The third-order valence-corrected chi connectivity index (χ3v) is 4.20. The largest absolute Gasteiger partial charge is 0.349 e. The Hall–Kier alpha value is -2.69. The summed E-state index contributed by atoms with van der Waals surface area (Å²) in [6, 6.07) is 12.6. The number of carbonyl (C=O) groups excluding carboxylic acids is 2. The van der Waals surface area contributed by atoms with Crippen LogP contribution in [0.4, 0.5) is 10.1 Å². The molecule has 24 heavy (non-hydrogen) atoms. The molecule has 2 amide bonds. The van der Waals surface area contributed by atoms with E-state index < -0.39 is 11.7 Å².